The van der Waals surface area contributed by atoms with Crippen LogP contribution in [0.2, 0.25) is 0 Å². The Morgan fingerprint density at radius 2 is 1.23 bits per heavy atom. The number of carbonyl (C=O) groups excluding carboxylic acids is 1. The van der Waals surface area contributed by atoms with Gasteiger partial charge in [0.15, 0.2) is 6.10 Å². The van der Waals surface area contributed by atoms with E-state index < -0.39 is 6.10 Å². The quantitative estimate of drug-likeness (QED) is 0.0924. The van der Waals surface area contributed by atoms with Gasteiger partial charge in [-0.05, 0) is 68.1 Å². The van der Waals surface area contributed by atoms with Crippen molar-refractivity contribution in [3.8, 4) is 5.75 Å². The maximum atomic E-state index is 12.2. The molecule has 0 radical (unpaired) electrons. The summed E-state index contributed by atoms with van der Waals surface area (Å²) >= 11 is 0. The Labute approximate surface area is 212 Å². The highest BCUT2D eigenvalue weighted by Gasteiger charge is 2.15. The summed E-state index contributed by atoms with van der Waals surface area (Å²) in [4.78, 5) is 12.2. The number of hydrogen-bond donors (Lipinski definition) is 0. The third-order valence-electron chi connectivity index (χ3n) is 6.04. The molecule has 1 atom stereocenters. The van der Waals surface area contributed by atoms with Gasteiger partial charge in [0.05, 0.1) is 11.4 Å². The predicted molar refractivity (Wildman–Crippen MR) is 144 cm³/mol. The number of esters is 1. The Hall–Kier alpha value is -2.53. The number of nitrogens with zero attached hydrogens (tertiary/aromatic N) is 2. The molecule has 0 N–H and O–H groups in total. The fourth-order valence-electron chi connectivity index (χ4n) is 3.77. The molecule has 2 rings (SSSR count). The van der Waals surface area contributed by atoms with E-state index in [0.29, 0.717) is 18.0 Å². The molecular weight excluding hydrogens is 436 g/mol. The molecule has 2 aromatic carbocycles. The predicted octanol–water partition coefficient (Wildman–Crippen LogP) is 9.29. The average Bonchev–Trinajstić information content (AvgIpc) is 2.88. The largest absolute Gasteiger partial charge is 0.425 e. The van der Waals surface area contributed by atoms with Crippen LogP contribution in [0.25, 0.3) is 0 Å². The van der Waals surface area contributed by atoms with E-state index in [0.717, 1.165) is 24.9 Å². The molecule has 0 aromatic heterocycles. The van der Waals surface area contributed by atoms with Crippen LogP contribution in [0.3, 0.4) is 0 Å². The minimum absolute atomic E-state index is 0.381. The van der Waals surface area contributed by atoms with Crippen molar-refractivity contribution in [3.63, 3.8) is 0 Å². The van der Waals surface area contributed by atoms with Crippen molar-refractivity contribution < 1.29 is 14.3 Å². The van der Waals surface area contributed by atoms with Crippen molar-refractivity contribution in [2.24, 2.45) is 10.2 Å². The summed E-state index contributed by atoms with van der Waals surface area (Å²) < 4.78 is 11.0. The monoisotopic (exact) mass is 480 g/mol. The summed E-state index contributed by atoms with van der Waals surface area (Å²) in [7, 11) is 0. The molecule has 0 saturated heterocycles. The fraction of sp³-hybridized carbons (Fsp3) is 0.567. The molecular formula is C30H44N2O3. The third kappa shape index (κ3) is 12.7. The van der Waals surface area contributed by atoms with E-state index in [9.17, 15) is 4.79 Å². The van der Waals surface area contributed by atoms with Gasteiger partial charge in [-0.15, -0.1) is 0 Å². The number of azo groups is 1. The highest BCUT2D eigenvalue weighted by Crippen LogP contribution is 2.22. The lowest BCUT2D eigenvalue weighted by Crippen LogP contribution is -2.26. The maximum Gasteiger partial charge on any atom is 0.340 e. The van der Waals surface area contributed by atoms with E-state index in [2.05, 4.69) is 36.2 Å². The number of rotatable bonds is 18. The van der Waals surface area contributed by atoms with Gasteiger partial charge in [0.2, 0.25) is 0 Å². The number of carbonyl (C=O) groups is 1. The second-order valence-electron chi connectivity index (χ2n) is 9.23. The van der Waals surface area contributed by atoms with Gasteiger partial charge in [0.1, 0.15) is 5.75 Å². The Morgan fingerprint density at radius 3 is 1.83 bits per heavy atom. The van der Waals surface area contributed by atoms with Crippen LogP contribution in [0.4, 0.5) is 11.4 Å². The topological polar surface area (TPSA) is 60.2 Å². The van der Waals surface area contributed by atoms with Crippen LogP contribution in [0.1, 0.15) is 97.0 Å². The number of unbranched alkanes of at least 4 members (excludes halogenated alkanes) is 9. The van der Waals surface area contributed by atoms with Crippen LogP contribution in [0.15, 0.2) is 58.8 Å². The van der Waals surface area contributed by atoms with Crippen LogP contribution >= 0.6 is 0 Å². The average molecular weight is 481 g/mol. The van der Waals surface area contributed by atoms with E-state index >= 15 is 0 Å². The van der Waals surface area contributed by atoms with Crippen LogP contribution in [-0.4, -0.2) is 18.7 Å². The Kier molecular flexibility index (Phi) is 14.6. The van der Waals surface area contributed by atoms with Crippen molar-refractivity contribution in [1.82, 2.24) is 0 Å². The number of benzene rings is 2. The minimum atomic E-state index is -0.579. The molecule has 0 aliphatic rings. The minimum Gasteiger partial charge on any atom is -0.425 e. The van der Waals surface area contributed by atoms with Crippen molar-refractivity contribution in [1.29, 1.82) is 0 Å². The van der Waals surface area contributed by atoms with Gasteiger partial charge in [-0.3, -0.25) is 0 Å². The zero-order valence-corrected chi connectivity index (χ0v) is 22.0. The summed E-state index contributed by atoms with van der Waals surface area (Å²) in [5.41, 5.74) is 2.88. The first-order valence-electron chi connectivity index (χ1n) is 13.6. The third-order valence-corrected chi connectivity index (χ3v) is 6.04. The molecule has 0 aliphatic heterocycles. The molecule has 1 unspecified atom stereocenters. The van der Waals surface area contributed by atoms with Crippen molar-refractivity contribution >= 4 is 17.3 Å². The molecule has 0 aliphatic carbocycles. The van der Waals surface area contributed by atoms with Gasteiger partial charge in [0.25, 0.3) is 0 Å². The van der Waals surface area contributed by atoms with Gasteiger partial charge in [-0.2, -0.15) is 10.2 Å². The van der Waals surface area contributed by atoms with Gasteiger partial charge >= 0.3 is 5.97 Å². The molecule has 0 heterocycles. The van der Waals surface area contributed by atoms with E-state index in [-0.39, 0.29) is 5.97 Å². The molecule has 2 aromatic rings. The normalized spacial score (nSPS) is 12.2. The summed E-state index contributed by atoms with van der Waals surface area (Å²) in [5, 5.41) is 8.62. The summed E-state index contributed by atoms with van der Waals surface area (Å²) in [6.45, 7) is 6.76. The van der Waals surface area contributed by atoms with Crippen LogP contribution in [0, 0.1) is 0 Å². The lowest BCUT2D eigenvalue weighted by molar-refractivity contribution is -0.146. The molecule has 192 valence electrons. The maximum absolute atomic E-state index is 12.2. The van der Waals surface area contributed by atoms with Crippen molar-refractivity contribution in [3.05, 3.63) is 54.1 Å². The first-order valence-corrected chi connectivity index (χ1v) is 13.6. The second-order valence-corrected chi connectivity index (χ2v) is 9.23. The molecule has 5 heteroatoms. The first-order chi connectivity index (χ1) is 17.1. The molecule has 0 saturated carbocycles. The summed E-state index contributed by atoms with van der Waals surface area (Å²) in [5.74, 6) is 0.0976. The van der Waals surface area contributed by atoms with Crippen molar-refractivity contribution in [2.75, 3.05) is 6.61 Å². The lowest BCUT2D eigenvalue weighted by atomic mass is 10.0. The van der Waals surface area contributed by atoms with Crippen molar-refractivity contribution in [2.45, 2.75) is 104 Å². The SMILES string of the molecule is CCCCCCCCc1ccc(N=Nc2ccc(OC(=O)C(C)OCCCCCCC)cc2)cc1. The van der Waals surface area contributed by atoms with Crippen LogP contribution in [0.5, 0.6) is 5.75 Å². The Balaban J connectivity index is 1.71. The Morgan fingerprint density at radius 1 is 0.714 bits per heavy atom. The van der Waals surface area contributed by atoms with E-state index in [1.165, 1.54) is 63.4 Å². The van der Waals surface area contributed by atoms with E-state index in [1.54, 1.807) is 31.2 Å². The first kappa shape index (κ1) is 28.7. The zero-order chi connectivity index (χ0) is 25.1. The number of hydrogen-bond acceptors (Lipinski definition) is 5. The lowest BCUT2D eigenvalue weighted by Gasteiger charge is -2.12. The molecule has 35 heavy (non-hydrogen) atoms. The fourth-order valence-corrected chi connectivity index (χ4v) is 3.77. The zero-order valence-electron chi connectivity index (χ0n) is 22.0. The van der Waals surface area contributed by atoms with Crippen LogP contribution in [-0.2, 0) is 16.0 Å². The number of aryl methyl sites for hydroxylation is 1. The van der Waals surface area contributed by atoms with Crippen LogP contribution < -0.4 is 4.74 Å². The summed E-state index contributed by atoms with van der Waals surface area (Å²) in [6, 6.07) is 15.3. The molecule has 0 spiro atoms. The highest BCUT2D eigenvalue weighted by molar-refractivity contribution is 5.76. The highest BCUT2D eigenvalue weighted by atomic mass is 16.6. The molecule has 0 amide bonds. The molecule has 0 bridgehead atoms. The van der Waals surface area contributed by atoms with Gasteiger partial charge in [-0.25, -0.2) is 4.79 Å². The van der Waals surface area contributed by atoms with Gasteiger partial charge in [0, 0.05) is 6.61 Å². The van der Waals surface area contributed by atoms with Gasteiger partial charge in [-0.1, -0.05) is 83.8 Å². The molecule has 5 nitrogen and oxygen atoms in total. The van der Waals surface area contributed by atoms with E-state index in [4.69, 9.17) is 9.47 Å². The second kappa shape index (κ2) is 17.8. The summed E-state index contributed by atoms with van der Waals surface area (Å²) in [6.07, 6.45) is 14.2. The Bertz CT molecular complexity index is 847. The number of ether oxygens (including phenoxy) is 2. The van der Waals surface area contributed by atoms with E-state index in [1.807, 2.05) is 12.1 Å². The van der Waals surface area contributed by atoms with Gasteiger partial charge < -0.3 is 9.47 Å². The molecule has 0 fully saturated rings. The standard InChI is InChI=1S/C30H44N2O3/c1-4-6-8-10-11-13-15-26-16-18-27(19-17-26)31-32-28-20-22-29(23-21-28)35-30(33)25(3)34-24-14-12-9-7-5-2/h16-23,25H,4-15,24H2,1-3H3. The smallest absolute Gasteiger partial charge is 0.340 e.